The lowest BCUT2D eigenvalue weighted by atomic mass is 9.99. The second-order valence-electron chi connectivity index (χ2n) is 6.67. The summed E-state index contributed by atoms with van der Waals surface area (Å²) in [5.41, 5.74) is 1.92. The Labute approximate surface area is 163 Å². The van der Waals surface area contributed by atoms with Gasteiger partial charge in [-0.15, -0.1) is 0 Å². The van der Waals surface area contributed by atoms with Gasteiger partial charge in [-0.05, 0) is 56.6 Å². The van der Waals surface area contributed by atoms with Crippen LogP contribution in [0.25, 0.3) is 5.69 Å². The van der Waals surface area contributed by atoms with Gasteiger partial charge in [0, 0.05) is 5.02 Å². The number of hydrogen-bond acceptors (Lipinski definition) is 4. The van der Waals surface area contributed by atoms with Gasteiger partial charge in [-0.25, -0.2) is 0 Å². The Kier molecular flexibility index (Phi) is 6.11. The first-order valence-electron chi connectivity index (χ1n) is 8.90. The zero-order valence-electron chi connectivity index (χ0n) is 15.1. The Balaban J connectivity index is 1.73. The van der Waals surface area contributed by atoms with Crippen LogP contribution < -0.4 is 4.90 Å². The topological polar surface area (TPSA) is 53.5 Å². The maximum atomic E-state index is 12.0. The van der Waals surface area contributed by atoms with Gasteiger partial charge in [-0.1, -0.05) is 17.7 Å². The van der Waals surface area contributed by atoms with E-state index in [0.29, 0.717) is 23.1 Å². The predicted octanol–water partition coefficient (Wildman–Crippen LogP) is 2.18. The molecule has 8 heteroatoms. The summed E-state index contributed by atoms with van der Waals surface area (Å²) in [4.78, 5) is 13.3. The third kappa shape index (κ3) is 4.16. The molecule has 6 nitrogen and oxygen atoms in total. The summed E-state index contributed by atoms with van der Waals surface area (Å²) in [6.45, 7) is 6.63. The van der Waals surface area contributed by atoms with Crippen molar-refractivity contribution in [3.05, 3.63) is 39.9 Å². The van der Waals surface area contributed by atoms with Gasteiger partial charge in [-0.3, -0.25) is 9.36 Å². The molecule has 1 aromatic heterocycles. The molecule has 1 saturated heterocycles. The van der Waals surface area contributed by atoms with Gasteiger partial charge >= 0.3 is 5.97 Å². The Hall–Kier alpha value is -1.70. The number of hydrogen-bond donors (Lipinski definition) is 1. The molecule has 1 aromatic carbocycles. The highest BCUT2D eigenvalue weighted by Crippen LogP contribution is 2.19. The summed E-state index contributed by atoms with van der Waals surface area (Å²) in [5, 5.41) is 5.14. The number of nitrogens with zero attached hydrogens (tertiary/aromatic N) is 3. The first kappa shape index (κ1) is 19.1. The molecule has 0 bridgehead atoms. The van der Waals surface area contributed by atoms with Crippen molar-refractivity contribution < 1.29 is 14.4 Å². The van der Waals surface area contributed by atoms with Gasteiger partial charge in [0.2, 0.25) is 4.77 Å². The van der Waals surface area contributed by atoms with Crippen LogP contribution in [0.15, 0.2) is 24.5 Å². The summed E-state index contributed by atoms with van der Waals surface area (Å²) < 4.78 is 9.46. The number of carbonyl (C=O) groups excluding carboxylic acids is 1. The highest BCUT2D eigenvalue weighted by molar-refractivity contribution is 7.71. The fraction of sp³-hybridized carbons (Fsp3) is 0.500. The number of rotatable bonds is 5. The Morgan fingerprint density at radius 2 is 2.31 bits per heavy atom. The molecular formula is C18H24ClN4O2S+. The number of ether oxygens (including phenoxy) is 1. The fourth-order valence-corrected chi connectivity index (χ4v) is 3.76. The minimum Gasteiger partial charge on any atom is -0.466 e. The van der Waals surface area contributed by atoms with Crippen molar-refractivity contribution >= 4 is 29.8 Å². The summed E-state index contributed by atoms with van der Waals surface area (Å²) in [6, 6.07) is 5.84. The van der Waals surface area contributed by atoms with E-state index in [1.165, 1.54) is 4.90 Å². The molecule has 0 radical (unpaired) electrons. The van der Waals surface area contributed by atoms with Crippen molar-refractivity contribution in [2.75, 3.05) is 19.7 Å². The molecule has 1 aliphatic rings. The first-order chi connectivity index (χ1) is 12.5. The van der Waals surface area contributed by atoms with E-state index in [1.54, 1.807) is 6.33 Å². The molecule has 0 spiro atoms. The molecule has 1 aliphatic heterocycles. The maximum absolute atomic E-state index is 12.0. The molecule has 2 heterocycles. The van der Waals surface area contributed by atoms with Crippen LogP contribution in [0.1, 0.15) is 25.3 Å². The number of aromatic nitrogens is 3. The zero-order valence-corrected chi connectivity index (χ0v) is 16.6. The van der Waals surface area contributed by atoms with Gasteiger partial charge in [0.15, 0.2) is 6.67 Å². The third-order valence-electron chi connectivity index (χ3n) is 4.78. The van der Waals surface area contributed by atoms with Gasteiger partial charge < -0.3 is 9.64 Å². The molecule has 26 heavy (non-hydrogen) atoms. The van der Waals surface area contributed by atoms with E-state index in [4.69, 9.17) is 28.6 Å². The molecule has 0 saturated carbocycles. The maximum Gasteiger partial charge on any atom is 0.314 e. The SMILES string of the molecule is CCOC(=O)[C@@H]1CCC[NH+](Cn2ncn(-c3ccc(C)c(Cl)c3)c2=S)C1. The quantitative estimate of drug-likeness (QED) is 0.622. The number of aryl methyl sites for hydroxylation is 1. The molecular weight excluding hydrogens is 372 g/mol. The van der Waals surface area contributed by atoms with Crippen LogP contribution in [-0.4, -0.2) is 40.0 Å². The summed E-state index contributed by atoms with van der Waals surface area (Å²) >= 11 is 11.8. The van der Waals surface area contributed by atoms with Crippen LogP contribution >= 0.6 is 23.8 Å². The van der Waals surface area contributed by atoms with Crippen LogP contribution in [0.5, 0.6) is 0 Å². The van der Waals surface area contributed by atoms with Gasteiger partial charge in [0.1, 0.15) is 12.2 Å². The fourth-order valence-electron chi connectivity index (χ4n) is 3.32. The number of piperidine rings is 1. The number of carbonyl (C=O) groups is 1. The summed E-state index contributed by atoms with van der Waals surface area (Å²) in [7, 11) is 0. The van der Waals surface area contributed by atoms with Gasteiger partial charge in [0.05, 0.1) is 25.4 Å². The zero-order chi connectivity index (χ0) is 18.7. The monoisotopic (exact) mass is 395 g/mol. The molecule has 0 amide bonds. The third-order valence-corrected chi connectivity index (χ3v) is 5.59. The number of halogens is 1. The first-order valence-corrected chi connectivity index (χ1v) is 9.69. The summed E-state index contributed by atoms with van der Waals surface area (Å²) in [6.07, 6.45) is 3.61. The minimum absolute atomic E-state index is 0.0362. The number of likely N-dealkylation sites (tertiary alicyclic amines) is 1. The smallest absolute Gasteiger partial charge is 0.314 e. The highest BCUT2D eigenvalue weighted by atomic mass is 35.5. The highest BCUT2D eigenvalue weighted by Gasteiger charge is 2.30. The largest absolute Gasteiger partial charge is 0.466 e. The summed E-state index contributed by atoms with van der Waals surface area (Å²) in [5.74, 6) is -0.126. The van der Waals surface area contributed by atoms with Gasteiger partial charge in [-0.2, -0.15) is 9.78 Å². The van der Waals surface area contributed by atoms with Crippen molar-refractivity contribution in [3.63, 3.8) is 0 Å². The van der Waals surface area contributed by atoms with Crippen LogP contribution in [0.3, 0.4) is 0 Å². The van der Waals surface area contributed by atoms with Crippen LogP contribution in [0.2, 0.25) is 5.02 Å². The van der Waals surface area contributed by atoms with Gasteiger partial charge in [0.25, 0.3) is 0 Å². The molecule has 3 rings (SSSR count). The standard InChI is InChI=1S/C18H23ClN4O2S/c1-3-25-17(24)14-5-4-8-21(10-14)12-23-18(26)22(11-20-23)15-7-6-13(2)16(19)9-15/h6-7,9,11,14H,3-5,8,10,12H2,1-2H3/p+1/t14-/m1/s1. The van der Waals surface area contributed by atoms with E-state index in [1.807, 2.05) is 41.3 Å². The average molecular weight is 396 g/mol. The van der Waals surface area contributed by atoms with Crippen LogP contribution in [-0.2, 0) is 16.2 Å². The Bertz CT molecular complexity index is 848. The van der Waals surface area contributed by atoms with E-state index in [-0.39, 0.29) is 11.9 Å². The predicted molar refractivity (Wildman–Crippen MR) is 102 cm³/mol. The minimum atomic E-state index is -0.0897. The van der Waals surface area contributed by atoms with Crippen LogP contribution in [0, 0.1) is 17.6 Å². The Morgan fingerprint density at radius 3 is 3.04 bits per heavy atom. The van der Waals surface area contributed by atoms with Crippen molar-refractivity contribution in [2.45, 2.75) is 33.4 Å². The second kappa shape index (κ2) is 8.33. The van der Waals surface area contributed by atoms with Crippen molar-refractivity contribution in [3.8, 4) is 5.69 Å². The number of nitrogens with one attached hydrogen (secondary N) is 1. The van der Waals surface area contributed by atoms with E-state index in [9.17, 15) is 4.79 Å². The van der Waals surface area contributed by atoms with E-state index < -0.39 is 0 Å². The van der Waals surface area contributed by atoms with E-state index >= 15 is 0 Å². The van der Waals surface area contributed by atoms with Crippen molar-refractivity contribution in [1.82, 2.24) is 14.3 Å². The molecule has 0 aliphatic carbocycles. The molecule has 2 aromatic rings. The molecule has 1 N–H and O–H groups in total. The van der Waals surface area contributed by atoms with Crippen molar-refractivity contribution in [1.29, 1.82) is 0 Å². The number of quaternary nitrogens is 1. The van der Waals surface area contributed by atoms with E-state index in [0.717, 1.165) is 37.2 Å². The van der Waals surface area contributed by atoms with E-state index in [2.05, 4.69) is 5.10 Å². The lowest BCUT2D eigenvalue weighted by Crippen LogP contribution is -3.13. The lowest BCUT2D eigenvalue weighted by molar-refractivity contribution is -0.930. The molecule has 1 fully saturated rings. The number of esters is 1. The molecule has 2 atom stereocenters. The van der Waals surface area contributed by atoms with Crippen LogP contribution in [0.4, 0.5) is 0 Å². The average Bonchev–Trinajstić information content (AvgIpc) is 2.98. The normalized spacial score (nSPS) is 20.1. The lowest BCUT2D eigenvalue weighted by Gasteiger charge is -2.28. The Morgan fingerprint density at radius 1 is 1.50 bits per heavy atom. The number of benzene rings is 1. The van der Waals surface area contributed by atoms with Crippen molar-refractivity contribution in [2.24, 2.45) is 5.92 Å². The second-order valence-corrected chi connectivity index (χ2v) is 7.44. The molecule has 140 valence electrons. The molecule has 1 unspecified atom stereocenters.